The normalized spacial score (nSPS) is 14.8. The van der Waals surface area contributed by atoms with Gasteiger partial charge in [0.25, 0.3) is 5.69 Å². The van der Waals surface area contributed by atoms with Crippen LogP contribution < -0.4 is 4.72 Å². The fourth-order valence-electron chi connectivity index (χ4n) is 1.19. The van der Waals surface area contributed by atoms with Crippen LogP contribution in [-0.4, -0.2) is 42.3 Å². The number of nitrogens with one attached hydrogen (secondary N) is 1. The summed E-state index contributed by atoms with van der Waals surface area (Å²) in [6, 6.07) is 3.02. The van der Waals surface area contributed by atoms with Crippen molar-refractivity contribution in [3.8, 4) is 0 Å². The van der Waals surface area contributed by atoms with Gasteiger partial charge in [0.15, 0.2) is 0 Å². The molecule has 0 aliphatic carbocycles. The van der Waals surface area contributed by atoms with E-state index in [1.165, 1.54) is 6.92 Å². The number of rotatable bonds is 6. The lowest BCUT2D eigenvalue weighted by Gasteiger charge is -2.20. The summed E-state index contributed by atoms with van der Waals surface area (Å²) >= 11 is 5.58. The summed E-state index contributed by atoms with van der Waals surface area (Å²) in [6.45, 7) is 0.151. The first-order chi connectivity index (χ1) is 9.09. The van der Waals surface area contributed by atoms with E-state index in [1.807, 2.05) is 4.72 Å². The van der Waals surface area contributed by atoms with Crippen LogP contribution in [0.1, 0.15) is 6.92 Å². The predicted molar refractivity (Wildman–Crippen MR) is 71.0 cm³/mol. The van der Waals surface area contributed by atoms with Gasteiger partial charge in [-0.1, -0.05) is 11.6 Å². The average Bonchev–Trinajstić information content (AvgIpc) is 2.36. The number of benzene rings is 1. The Kier molecular flexibility index (Phi) is 5.05. The van der Waals surface area contributed by atoms with Crippen LogP contribution in [-0.2, 0) is 10.0 Å². The number of hydrogen-bond donors (Lipinski definition) is 3. The summed E-state index contributed by atoms with van der Waals surface area (Å²) in [4.78, 5) is 9.54. The monoisotopic (exact) mass is 324 g/mol. The van der Waals surface area contributed by atoms with Gasteiger partial charge >= 0.3 is 0 Å². The van der Waals surface area contributed by atoms with E-state index >= 15 is 0 Å². The van der Waals surface area contributed by atoms with E-state index < -0.39 is 39.4 Å². The number of aliphatic hydroxyl groups excluding tert-OH is 1. The number of nitro groups is 1. The molecule has 0 fully saturated rings. The lowest BCUT2D eigenvalue weighted by Crippen LogP contribution is -2.43. The van der Waals surface area contributed by atoms with Crippen molar-refractivity contribution >= 4 is 27.3 Å². The Balaban J connectivity index is 3.05. The zero-order valence-corrected chi connectivity index (χ0v) is 12.0. The molecule has 10 heteroatoms. The van der Waals surface area contributed by atoms with Crippen LogP contribution in [0.4, 0.5) is 5.69 Å². The van der Waals surface area contributed by atoms with Gasteiger partial charge in [-0.2, -0.15) is 0 Å². The van der Waals surface area contributed by atoms with Crippen molar-refractivity contribution < 1.29 is 23.6 Å². The van der Waals surface area contributed by atoms with Gasteiger partial charge in [-0.3, -0.25) is 10.1 Å². The Bertz CT molecular complexity index is 616. The first-order valence-electron chi connectivity index (χ1n) is 5.36. The molecule has 0 bridgehead atoms. The number of nitrogens with zero attached hydrogens (tertiary/aromatic N) is 1. The molecule has 3 N–H and O–H groups in total. The Hall–Kier alpha value is -1.26. The quantitative estimate of drug-likeness (QED) is 0.508. The van der Waals surface area contributed by atoms with Crippen LogP contribution in [0.15, 0.2) is 23.1 Å². The predicted octanol–water partition coefficient (Wildman–Crippen LogP) is 0.270. The summed E-state index contributed by atoms with van der Waals surface area (Å²) in [5, 5.41) is 28.9. The second-order valence-electron chi connectivity index (χ2n) is 4.35. The van der Waals surface area contributed by atoms with Crippen LogP contribution in [0.2, 0.25) is 5.02 Å². The molecule has 0 aliphatic heterocycles. The topological polar surface area (TPSA) is 130 Å². The minimum absolute atomic E-state index is 0.184. The van der Waals surface area contributed by atoms with E-state index in [4.69, 9.17) is 16.7 Å². The fraction of sp³-hybridized carbons (Fsp3) is 0.400. The van der Waals surface area contributed by atoms with Crippen molar-refractivity contribution in [3.63, 3.8) is 0 Å². The molecule has 20 heavy (non-hydrogen) atoms. The molecule has 0 spiro atoms. The molecule has 0 amide bonds. The fourth-order valence-corrected chi connectivity index (χ4v) is 2.56. The van der Waals surface area contributed by atoms with Crippen LogP contribution in [0.25, 0.3) is 0 Å². The van der Waals surface area contributed by atoms with Crippen molar-refractivity contribution in [2.75, 3.05) is 13.2 Å². The maximum Gasteiger partial charge on any atom is 0.289 e. The second-order valence-corrected chi connectivity index (χ2v) is 6.52. The summed E-state index contributed by atoms with van der Waals surface area (Å²) in [6.07, 6.45) is 0. The smallest absolute Gasteiger partial charge is 0.289 e. The van der Waals surface area contributed by atoms with E-state index in [1.54, 1.807) is 0 Å². The van der Waals surface area contributed by atoms with E-state index in [0.29, 0.717) is 0 Å². The van der Waals surface area contributed by atoms with E-state index in [2.05, 4.69) is 0 Å². The Morgan fingerprint density at radius 1 is 1.50 bits per heavy atom. The Labute approximate surface area is 120 Å². The highest BCUT2D eigenvalue weighted by Crippen LogP contribution is 2.27. The minimum Gasteiger partial charge on any atom is -0.393 e. The molecule has 8 nitrogen and oxygen atoms in total. The highest BCUT2D eigenvalue weighted by Gasteiger charge is 2.25. The van der Waals surface area contributed by atoms with E-state index in [9.17, 15) is 23.6 Å². The third-order valence-corrected chi connectivity index (χ3v) is 4.13. The van der Waals surface area contributed by atoms with Gasteiger partial charge in [0.2, 0.25) is 10.0 Å². The Morgan fingerprint density at radius 3 is 2.60 bits per heavy atom. The zero-order valence-electron chi connectivity index (χ0n) is 10.4. The molecule has 0 heterocycles. The molecule has 1 atom stereocenters. The number of aliphatic hydroxyl groups is 2. The van der Waals surface area contributed by atoms with Crippen LogP contribution in [0.3, 0.4) is 0 Å². The van der Waals surface area contributed by atoms with Crippen LogP contribution in [0, 0.1) is 10.1 Å². The van der Waals surface area contributed by atoms with Crippen LogP contribution in [0.5, 0.6) is 0 Å². The van der Waals surface area contributed by atoms with Crippen molar-refractivity contribution in [1.29, 1.82) is 0 Å². The molecule has 1 rings (SSSR count). The van der Waals surface area contributed by atoms with Crippen molar-refractivity contribution in [2.24, 2.45) is 0 Å². The minimum atomic E-state index is -4.06. The van der Waals surface area contributed by atoms with Gasteiger partial charge in [-0.05, 0) is 19.1 Å². The third-order valence-electron chi connectivity index (χ3n) is 2.41. The summed E-state index contributed by atoms with van der Waals surface area (Å²) < 4.78 is 25.9. The summed E-state index contributed by atoms with van der Waals surface area (Å²) in [5.41, 5.74) is -2.17. The van der Waals surface area contributed by atoms with Gasteiger partial charge in [0, 0.05) is 12.6 Å². The maximum absolute atomic E-state index is 11.9. The SMILES string of the molecule is CC(O)(CO)CNS(=O)(=O)c1ccc(Cl)c([N+](=O)[O-])c1. The number of halogens is 1. The van der Waals surface area contributed by atoms with E-state index in [0.717, 1.165) is 18.2 Å². The first kappa shape index (κ1) is 16.8. The molecular weight excluding hydrogens is 312 g/mol. The Morgan fingerprint density at radius 2 is 2.10 bits per heavy atom. The zero-order chi connectivity index (χ0) is 15.6. The van der Waals surface area contributed by atoms with Gasteiger partial charge < -0.3 is 10.2 Å². The number of nitro benzene ring substituents is 1. The second kappa shape index (κ2) is 6.02. The molecule has 1 aromatic rings. The lowest BCUT2D eigenvalue weighted by atomic mass is 10.1. The van der Waals surface area contributed by atoms with Gasteiger partial charge in [-0.15, -0.1) is 0 Å². The lowest BCUT2D eigenvalue weighted by molar-refractivity contribution is -0.384. The first-order valence-corrected chi connectivity index (χ1v) is 7.22. The van der Waals surface area contributed by atoms with Crippen molar-refractivity contribution in [3.05, 3.63) is 33.3 Å². The standard InChI is InChI=1S/C10H13ClN2O6S/c1-10(15,6-14)5-12-20(18,19)7-2-3-8(11)9(4-7)13(16)17/h2-4,12,14-15H,5-6H2,1H3. The summed E-state index contributed by atoms with van der Waals surface area (Å²) in [5.74, 6) is 0. The van der Waals surface area contributed by atoms with Crippen molar-refractivity contribution in [1.82, 2.24) is 4.72 Å². The number of hydrogen-bond acceptors (Lipinski definition) is 6. The van der Waals surface area contributed by atoms with Crippen LogP contribution >= 0.6 is 11.6 Å². The molecule has 1 aromatic carbocycles. The molecule has 0 saturated heterocycles. The molecule has 0 aromatic heterocycles. The highest BCUT2D eigenvalue weighted by atomic mass is 35.5. The molecule has 1 unspecified atom stereocenters. The summed E-state index contributed by atoms with van der Waals surface area (Å²) in [7, 11) is -4.06. The highest BCUT2D eigenvalue weighted by molar-refractivity contribution is 7.89. The number of sulfonamides is 1. The molecule has 0 aliphatic rings. The van der Waals surface area contributed by atoms with Gasteiger partial charge in [0.05, 0.1) is 22.0 Å². The molecular formula is C10H13ClN2O6S. The van der Waals surface area contributed by atoms with E-state index in [-0.39, 0.29) is 9.92 Å². The molecule has 112 valence electrons. The third kappa shape index (κ3) is 4.12. The largest absolute Gasteiger partial charge is 0.393 e. The molecule has 0 saturated carbocycles. The molecule has 0 radical (unpaired) electrons. The van der Waals surface area contributed by atoms with Crippen molar-refractivity contribution in [2.45, 2.75) is 17.4 Å². The van der Waals surface area contributed by atoms with Gasteiger partial charge in [0.1, 0.15) is 5.02 Å². The maximum atomic E-state index is 11.9. The average molecular weight is 325 g/mol. The van der Waals surface area contributed by atoms with Gasteiger partial charge in [-0.25, -0.2) is 13.1 Å².